The molecule has 0 spiro atoms. The van der Waals surface area contributed by atoms with Gasteiger partial charge in [0.05, 0.1) is 5.69 Å². The van der Waals surface area contributed by atoms with Crippen molar-refractivity contribution in [3.8, 4) is 0 Å². The molecule has 0 radical (unpaired) electrons. The van der Waals surface area contributed by atoms with Gasteiger partial charge in [-0.05, 0) is 41.1 Å². The second-order valence-corrected chi connectivity index (χ2v) is 6.93. The first kappa shape index (κ1) is 14.4. The van der Waals surface area contributed by atoms with Gasteiger partial charge in [-0.25, -0.2) is 8.42 Å². The lowest BCUT2D eigenvalue weighted by molar-refractivity contribution is 0.392. The van der Waals surface area contributed by atoms with Crippen molar-refractivity contribution in [2.45, 2.75) is 12.7 Å². The fourth-order valence-corrected chi connectivity index (χ4v) is 3.48. The molecule has 0 atom stereocenters. The Bertz CT molecular complexity index is 700. The van der Waals surface area contributed by atoms with Gasteiger partial charge in [-0.1, -0.05) is 16.8 Å². The average molecular weight is 366 g/mol. The van der Waals surface area contributed by atoms with Crippen LogP contribution in [-0.2, 0) is 15.8 Å². The SMILES string of the molecule is Cc1cc(CS(=O)(=O)Nc2ccc(Cl)cc2Br)no1. The summed E-state index contributed by atoms with van der Waals surface area (Å²) in [5, 5.41) is 4.17. The van der Waals surface area contributed by atoms with E-state index in [9.17, 15) is 8.42 Å². The zero-order valence-corrected chi connectivity index (χ0v) is 13.0. The van der Waals surface area contributed by atoms with Crippen LogP contribution in [0.5, 0.6) is 0 Å². The normalized spacial score (nSPS) is 11.5. The van der Waals surface area contributed by atoms with Crippen molar-refractivity contribution in [2.24, 2.45) is 0 Å². The molecule has 0 aliphatic carbocycles. The van der Waals surface area contributed by atoms with Gasteiger partial charge in [0, 0.05) is 15.6 Å². The van der Waals surface area contributed by atoms with Gasteiger partial charge in [0.15, 0.2) is 0 Å². The van der Waals surface area contributed by atoms with Crippen LogP contribution in [0.4, 0.5) is 5.69 Å². The van der Waals surface area contributed by atoms with Gasteiger partial charge in [-0.2, -0.15) is 0 Å². The van der Waals surface area contributed by atoms with Crippen molar-refractivity contribution in [2.75, 3.05) is 4.72 Å². The van der Waals surface area contributed by atoms with Crippen LogP contribution in [0.25, 0.3) is 0 Å². The molecular formula is C11H10BrClN2O3S. The third kappa shape index (κ3) is 3.95. The molecule has 1 aromatic carbocycles. The Balaban J connectivity index is 2.17. The van der Waals surface area contributed by atoms with Gasteiger partial charge in [-0.15, -0.1) is 0 Å². The van der Waals surface area contributed by atoms with Crippen molar-refractivity contribution >= 4 is 43.2 Å². The lowest BCUT2D eigenvalue weighted by Gasteiger charge is -2.08. The van der Waals surface area contributed by atoms with E-state index in [0.717, 1.165) is 0 Å². The highest BCUT2D eigenvalue weighted by molar-refractivity contribution is 9.10. The predicted octanol–water partition coefficient (Wildman–Crippen LogP) is 3.34. The first-order valence-corrected chi connectivity index (χ1v) is 8.06. The molecule has 0 saturated heterocycles. The molecule has 1 aromatic heterocycles. The molecule has 5 nitrogen and oxygen atoms in total. The summed E-state index contributed by atoms with van der Waals surface area (Å²) in [6.07, 6.45) is 0. The number of hydrogen-bond donors (Lipinski definition) is 1. The quantitative estimate of drug-likeness (QED) is 0.902. The smallest absolute Gasteiger partial charge is 0.238 e. The second kappa shape index (κ2) is 5.52. The molecule has 2 aromatic rings. The first-order valence-electron chi connectivity index (χ1n) is 5.23. The number of anilines is 1. The summed E-state index contributed by atoms with van der Waals surface area (Å²) in [6.45, 7) is 1.70. The monoisotopic (exact) mass is 364 g/mol. The Labute approximate surface area is 124 Å². The number of nitrogens with zero attached hydrogens (tertiary/aromatic N) is 1. The number of aryl methyl sites for hydroxylation is 1. The fraction of sp³-hybridized carbons (Fsp3) is 0.182. The summed E-state index contributed by atoms with van der Waals surface area (Å²) >= 11 is 9.03. The van der Waals surface area contributed by atoms with E-state index in [0.29, 0.717) is 26.6 Å². The van der Waals surface area contributed by atoms with Crippen molar-refractivity contribution in [1.82, 2.24) is 5.16 Å². The molecular weight excluding hydrogens is 356 g/mol. The molecule has 0 bridgehead atoms. The minimum absolute atomic E-state index is 0.251. The highest BCUT2D eigenvalue weighted by Crippen LogP contribution is 2.27. The van der Waals surface area contributed by atoms with Crippen LogP contribution >= 0.6 is 27.5 Å². The molecule has 8 heteroatoms. The third-order valence-electron chi connectivity index (χ3n) is 2.21. The Morgan fingerprint density at radius 3 is 2.74 bits per heavy atom. The Morgan fingerprint density at radius 2 is 2.16 bits per heavy atom. The predicted molar refractivity (Wildman–Crippen MR) is 76.6 cm³/mol. The standard InChI is InChI=1S/C11H10BrClN2O3S/c1-7-4-9(14-18-7)6-19(16,17)15-11-3-2-8(13)5-10(11)12/h2-5,15H,6H2,1H3. The van der Waals surface area contributed by atoms with Crippen molar-refractivity contribution in [3.05, 3.63) is 45.2 Å². The summed E-state index contributed by atoms with van der Waals surface area (Å²) in [5.41, 5.74) is 0.778. The Hall–Kier alpha value is -1.05. The van der Waals surface area contributed by atoms with E-state index in [4.69, 9.17) is 16.1 Å². The molecule has 0 aliphatic rings. The number of benzene rings is 1. The minimum Gasteiger partial charge on any atom is -0.361 e. The summed E-state index contributed by atoms with van der Waals surface area (Å²) < 4.78 is 31.8. The molecule has 102 valence electrons. The molecule has 1 N–H and O–H groups in total. The van der Waals surface area contributed by atoms with Crippen LogP contribution in [0.1, 0.15) is 11.5 Å². The highest BCUT2D eigenvalue weighted by atomic mass is 79.9. The molecule has 0 aliphatic heterocycles. The van der Waals surface area contributed by atoms with E-state index in [1.165, 1.54) is 0 Å². The average Bonchev–Trinajstić information content (AvgIpc) is 2.67. The lowest BCUT2D eigenvalue weighted by atomic mass is 10.3. The maximum Gasteiger partial charge on any atom is 0.238 e. The number of halogens is 2. The highest BCUT2D eigenvalue weighted by Gasteiger charge is 2.16. The maximum absolute atomic E-state index is 12.0. The number of nitrogens with one attached hydrogen (secondary N) is 1. The van der Waals surface area contributed by atoms with Gasteiger partial charge in [-0.3, -0.25) is 4.72 Å². The van der Waals surface area contributed by atoms with Crippen LogP contribution in [0.2, 0.25) is 5.02 Å². The first-order chi connectivity index (χ1) is 8.85. The van der Waals surface area contributed by atoms with E-state index in [-0.39, 0.29) is 5.75 Å². The van der Waals surface area contributed by atoms with Crippen LogP contribution < -0.4 is 4.72 Å². The van der Waals surface area contributed by atoms with Gasteiger partial charge in [0.2, 0.25) is 10.0 Å². The van der Waals surface area contributed by atoms with Gasteiger partial charge in [0.25, 0.3) is 0 Å². The van der Waals surface area contributed by atoms with Gasteiger partial charge in [0.1, 0.15) is 17.2 Å². The van der Waals surface area contributed by atoms with E-state index < -0.39 is 10.0 Å². The van der Waals surface area contributed by atoms with Crippen LogP contribution in [0.3, 0.4) is 0 Å². The van der Waals surface area contributed by atoms with Crippen LogP contribution in [0, 0.1) is 6.92 Å². The van der Waals surface area contributed by atoms with Crippen LogP contribution in [-0.4, -0.2) is 13.6 Å². The van der Waals surface area contributed by atoms with E-state index in [1.54, 1.807) is 31.2 Å². The number of sulfonamides is 1. The molecule has 0 amide bonds. The summed E-state index contributed by atoms with van der Waals surface area (Å²) in [4.78, 5) is 0. The zero-order valence-electron chi connectivity index (χ0n) is 9.85. The summed E-state index contributed by atoms with van der Waals surface area (Å²) in [5.74, 6) is 0.317. The van der Waals surface area contributed by atoms with E-state index in [2.05, 4.69) is 25.8 Å². The van der Waals surface area contributed by atoms with E-state index in [1.807, 2.05) is 0 Å². The number of hydrogen-bond acceptors (Lipinski definition) is 4. The lowest BCUT2D eigenvalue weighted by Crippen LogP contribution is -2.15. The Kier molecular flexibility index (Phi) is 4.17. The molecule has 1 heterocycles. The molecule has 0 unspecified atom stereocenters. The van der Waals surface area contributed by atoms with Gasteiger partial charge >= 0.3 is 0 Å². The van der Waals surface area contributed by atoms with Crippen molar-refractivity contribution in [1.29, 1.82) is 0 Å². The van der Waals surface area contributed by atoms with Crippen molar-refractivity contribution < 1.29 is 12.9 Å². The zero-order chi connectivity index (χ0) is 14.0. The Morgan fingerprint density at radius 1 is 1.42 bits per heavy atom. The number of aromatic nitrogens is 1. The number of rotatable bonds is 4. The van der Waals surface area contributed by atoms with Crippen LogP contribution in [0.15, 0.2) is 33.3 Å². The molecule has 0 saturated carbocycles. The molecule has 19 heavy (non-hydrogen) atoms. The van der Waals surface area contributed by atoms with Gasteiger partial charge < -0.3 is 4.52 Å². The summed E-state index contributed by atoms with van der Waals surface area (Å²) in [7, 11) is -3.56. The molecule has 0 fully saturated rings. The third-order valence-corrected chi connectivity index (χ3v) is 4.31. The van der Waals surface area contributed by atoms with Crippen molar-refractivity contribution in [3.63, 3.8) is 0 Å². The molecule has 2 rings (SSSR count). The van der Waals surface area contributed by atoms with E-state index >= 15 is 0 Å². The maximum atomic E-state index is 12.0. The second-order valence-electron chi connectivity index (χ2n) is 3.91. The summed E-state index contributed by atoms with van der Waals surface area (Å²) in [6, 6.07) is 6.37. The fourth-order valence-electron chi connectivity index (χ4n) is 1.46. The topological polar surface area (TPSA) is 72.2 Å². The largest absolute Gasteiger partial charge is 0.361 e. The minimum atomic E-state index is -3.56.